The molecule has 1 N–H and O–H groups in total. The van der Waals surface area contributed by atoms with Crippen molar-refractivity contribution in [2.24, 2.45) is 0 Å². The number of piperazine rings is 1. The van der Waals surface area contributed by atoms with Gasteiger partial charge in [-0.3, -0.25) is 14.6 Å². The first-order valence-corrected chi connectivity index (χ1v) is 13.0. The van der Waals surface area contributed by atoms with Crippen LogP contribution < -0.4 is 5.32 Å². The van der Waals surface area contributed by atoms with Crippen molar-refractivity contribution in [3.63, 3.8) is 0 Å². The van der Waals surface area contributed by atoms with Crippen LogP contribution in [0.4, 0.5) is 0 Å². The van der Waals surface area contributed by atoms with E-state index in [4.69, 9.17) is 11.6 Å². The SMILES string of the molecule is CCSc1ccc(Cl)cc1CNC(=O)c1ccc(CN2CCN(C(C)C)CC2)c(Br)c1. The van der Waals surface area contributed by atoms with Crippen molar-refractivity contribution in [3.8, 4) is 0 Å². The van der Waals surface area contributed by atoms with Crippen molar-refractivity contribution >= 4 is 45.2 Å². The van der Waals surface area contributed by atoms with Crippen LogP contribution in [-0.2, 0) is 13.1 Å². The van der Waals surface area contributed by atoms with E-state index in [1.165, 1.54) is 5.56 Å². The number of nitrogens with zero attached hydrogens (tertiary/aromatic N) is 2. The molecule has 1 fully saturated rings. The van der Waals surface area contributed by atoms with Crippen LogP contribution in [0, 0.1) is 0 Å². The van der Waals surface area contributed by atoms with E-state index in [2.05, 4.69) is 57.9 Å². The van der Waals surface area contributed by atoms with Gasteiger partial charge in [-0.1, -0.05) is 40.5 Å². The van der Waals surface area contributed by atoms with Crippen LogP contribution in [0.3, 0.4) is 0 Å². The minimum absolute atomic E-state index is 0.0785. The average Bonchev–Trinajstić information content (AvgIpc) is 2.75. The normalized spacial score (nSPS) is 15.4. The highest BCUT2D eigenvalue weighted by Gasteiger charge is 2.19. The average molecular weight is 525 g/mol. The van der Waals surface area contributed by atoms with Gasteiger partial charge in [-0.2, -0.15) is 0 Å². The van der Waals surface area contributed by atoms with Crippen LogP contribution in [0.1, 0.15) is 42.3 Å². The van der Waals surface area contributed by atoms with Crippen LogP contribution in [0.5, 0.6) is 0 Å². The number of nitrogens with one attached hydrogen (secondary N) is 1. The summed E-state index contributed by atoms with van der Waals surface area (Å²) < 4.78 is 0.983. The number of rotatable bonds is 8. The second-order valence-electron chi connectivity index (χ2n) is 8.08. The van der Waals surface area contributed by atoms with E-state index >= 15 is 0 Å². The predicted molar refractivity (Wildman–Crippen MR) is 135 cm³/mol. The Balaban J connectivity index is 1.58. The summed E-state index contributed by atoms with van der Waals surface area (Å²) >= 11 is 11.6. The zero-order valence-corrected chi connectivity index (χ0v) is 21.6. The highest BCUT2D eigenvalue weighted by Crippen LogP contribution is 2.26. The molecular formula is C24H31BrClN3OS. The topological polar surface area (TPSA) is 35.6 Å². The van der Waals surface area contributed by atoms with Gasteiger partial charge >= 0.3 is 0 Å². The molecular weight excluding hydrogens is 494 g/mol. The molecule has 0 unspecified atom stereocenters. The smallest absolute Gasteiger partial charge is 0.251 e. The lowest BCUT2D eigenvalue weighted by atomic mass is 10.1. The number of hydrogen-bond donors (Lipinski definition) is 1. The quantitative estimate of drug-likeness (QED) is 0.451. The molecule has 0 bridgehead atoms. The van der Waals surface area contributed by atoms with Gasteiger partial charge in [-0.15, -0.1) is 11.8 Å². The second-order valence-corrected chi connectivity index (χ2v) is 10.7. The van der Waals surface area contributed by atoms with Gasteiger partial charge in [-0.25, -0.2) is 0 Å². The summed E-state index contributed by atoms with van der Waals surface area (Å²) in [6.45, 7) is 12.3. The maximum atomic E-state index is 12.7. The predicted octanol–water partition coefficient (Wildman–Crippen LogP) is 5.67. The maximum absolute atomic E-state index is 12.7. The van der Waals surface area contributed by atoms with Gasteiger partial charge in [0.15, 0.2) is 0 Å². The van der Waals surface area contributed by atoms with Crippen LogP contribution in [0.15, 0.2) is 45.8 Å². The zero-order valence-electron chi connectivity index (χ0n) is 18.5. The molecule has 2 aromatic carbocycles. The molecule has 1 heterocycles. The third-order valence-corrected chi connectivity index (χ3v) is 7.58. The highest BCUT2D eigenvalue weighted by molar-refractivity contribution is 9.10. The molecule has 3 rings (SSSR count). The fourth-order valence-corrected chi connectivity index (χ4v) is 5.25. The minimum Gasteiger partial charge on any atom is -0.348 e. The number of halogens is 2. The fraction of sp³-hybridized carbons (Fsp3) is 0.458. The Hall–Kier alpha value is -1.05. The monoisotopic (exact) mass is 523 g/mol. The summed E-state index contributed by atoms with van der Waals surface area (Å²) in [5.74, 6) is 0.897. The van der Waals surface area contributed by atoms with E-state index in [-0.39, 0.29) is 5.91 Å². The number of thioether (sulfide) groups is 1. The zero-order chi connectivity index (χ0) is 22.4. The van der Waals surface area contributed by atoms with E-state index in [0.717, 1.165) is 53.4 Å². The number of carbonyl (C=O) groups is 1. The largest absolute Gasteiger partial charge is 0.348 e. The van der Waals surface area contributed by atoms with Gasteiger partial charge in [-0.05, 0) is 61.1 Å². The van der Waals surface area contributed by atoms with E-state index in [9.17, 15) is 4.79 Å². The van der Waals surface area contributed by atoms with Crippen molar-refractivity contribution in [1.82, 2.24) is 15.1 Å². The van der Waals surface area contributed by atoms with Gasteiger partial charge in [0.2, 0.25) is 0 Å². The summed E-state index contributed by atoms with van der Waals surface area (Å²) in [6.07, 6.45) is 0. The molecule has 1 aliphatic heterocycles. The van der Waals surface area contributed by atoms with E-state index in [1.807, 2.05) is 30.3 Å². The molecule has 0 radical (unpaired) electrons. The second kappa shape index (κ2) is 11.7. The van der Waals surface area contributed by atoms with E-state index < -0.39 is 0 Å². The maximum Gasteiger partial charge on any atom is 0.251 e. The molecule has 168 valence electrons. The fourth-order valence-electron chi connectivity index (χ4n) is 3.76. The molecule has 7 heteroatoms. The van der Waals surface area contributed by atoms with Crippen molar-refractivity contribution < 1.29 is 4.79 Å². The molecule has 0 spiro atoms. The highest BCUT2D eigenvalue weighted by atomic mass is 79.9. The van der Waals surface area contributed by atoms with Crippen LogP contribution in [0.25, 0.3) is 0 Å². The lowest BCUT2D eigenvalue weighted by Gasteiger charge is -2.37. The van der Waals surface area contributed by atoms with Crippen LogP contribution >= 0.6 is 39.3 Å². The molecule has 0 atom stereocenters. The summed E-state index contributed by atoms with van der Waals surface area (Å²) in [6, 6.07) is 12.3. The third-order valence-electron chi connectivity index (χ3n) is 5.61. The summed E-state index contributed by atoms with van der Waals surface area (Å²) in [7, 11) is 0. The molecule has 0 aliphatic carbocycles. The molecule has 31 heavy (non-hydrogen) atoms. The molecule has 1 amide bonds. The molecule has 0 saturated carbocycles. The standard InChI is InChI=1S/C24H31BrClN3OS/c1-4-31-23-8-7-21(26)13-20(23)15-27-24(30)18-5-6-19(22(25)14-18)16-28-9-11-29(12-10-28)17(2)3/h5-8,13-14,17H,4,9-12,15-16H2,1-3H3,(H,27,30). The van der Waals surface area contributed by atoms with Crippen LogP contribution in [-0.4, -0.2) is 53.7 Å². The molecule has 1 saturated heterocycles. The van der Waals surface area contributed by atoms with Gasteiger partial charge in [0.1, 0.15) is 0 Å². The van der Waals surface area contributed by atoms with Crippen molar-refractivity contribution in [2.75, 3.05) is 31.9 Å². The summed E-state index contributed by atoms with van der Waals surface area (Å²) in [5.41, 5.74) is 2.92. The van der Waals surface area contributed by atoms with Crippen molar-refractivity contribution in [2.45, 2.75) is 44.8 Å². The Labute approximate surface area is 203 Å². The number of amides is 1. The molecule has 4 nitrogen and oxygen atoms in total. The van der Waals surface area contributed by atoms with Gasteiger partial charge < -0.3 is 5.32 Å². The Morgan fingerprint density at radius 3 is 2.52 bits per heavy atom. The first-order valence-electron chi connectivity index (χ1n) is 10.8. The Kier molecular flexibility index (Phi) is 9.29. The van der Waals surface area contributed by atoms with Crippen molar-refractivity contribution in [1.29, 1.82) is 0 Å². The lowest BCUT2D eigenvalue weighted by Crippen LogP contribution is -2.48. The third kappa shape index (κ3) is 6.96. The number of benzene rings is 2. The van der Waals surface area contributed by atoms with Crippen molar-refractivity contribution in [3.05, 3.63) is 62.6 Å². The van der Waals surface area contributed by atoms with Gasteiger partial charge in [0.05, 0.1) is 0 Å². The number of carbonyl (C=O) groups excluding carboxylic acids is 1. The van der Waals surface area contributed by atoms with Gasteiger partial charge in [0, 0.05) is 65.3 Å². The summed E-state index contributed by atoms with van der Waals surface area (Å²) in [4.78, 5) is 18.9. The Morgan fingerprint density at radius 1 is 1.13 bits per heavy atom. The number of hydrogen-bond acceptors (Lipinski definition) is 4. The van der Waals surface area contributed by atoms with Crippen LogP contribution in [0.2, 0.25) is 5.02 Å². The van der Waals surface area contributed by atoms with E-state index in [0.29, 0.717) is 23.2 Å². The molecule has 2 aromatic rings. The minimum atomic E-state index is -0.0785. The molecule has 0 aromatic heterocycles. The first-order chi connectivity index (χ1) is 14.9. The summed E-state index contributed by atoms with van der Waals surface area (Å²) in [5, 5.41) is 3.72. The van der Waals surface area contributed by atoms with E-state index in [1.54, 1.807) is 11.8 Å². The lowest BCUT2D eigenvalue weighted by molar-refractivity contribution is 0.0950. The van der Waals surface area contributed by atoms with Gasteiger partial charge in [0.25, 0.3) is 5.91 Å². The molecule has 1 aliphatic rings. The Morgan fingerprint density at radius 2 is 1.87 bits per heavy atom. The first kappa shape index (κ1) is 24.6. The Bertz CT molecular complexity index is 900.